The molecule has 1 aliphatic heterocycles. The van der Waals surface area contributed by atoms with Crippen molar-refractivity contribution in [2.45, 2.75) is 52.7 Å². The zero-order valence-corrected chi connectivity index (χ0v) is 18.4. The molecule has 0 spiro atoms. The maximum absolute atomic E-state index is 12.7. The number of aromatic hydroxyl groups is 1. The molecule has 2 heterocycles. The van der Waals surface area contributed by atoms with Gasteiger partial charge in [0.1, 0.15) is 11.4 Å². The van der Waals surface area contributed by atoms with Crippen LogP contribution in [-0.4, -0.2) is 52.4 Å². The molecule has 1 aromatic heterocycles. The first kappa shape index (κ1) is 22.0. The van der Waals surface area contributed by atoms with Gasteiger partial charge in [0.25, 0.3) is 0 Å². The number of anilines is 1. The third-order valence-electron chi connectivity index (χ3n) is 5.09. The second-order valence-electron chi connectivity index (χ2n) is 8.58. The fourth-order valence-corrected chi connectivity index (χ4v) is 3.64. The monoisotopic (exact) mass is 413 g/mol. The Bertz CT molecular complexity index is 894. The highest BCUT2D eigenvalue weighted by Gasteiger charge is 2.38. The standard InChI is InChI=1S/C23H31N3O4/c1-6-29-19-14-26(13-11-17(19)21(28)30-23(3,4)5)22-24-12-10-18(25-22)16-9-7-8-15(2)20(16)27/h7-10,12,17,19,27H,6,11,13-14H2,1-5H3. The quantitative estimate of drug-likeness (QED) is 0.748. The summed E-state index contributed by atoms with van der Waals surface area (Å²) >= 11 is 0. The van der Waals surface area contributed by atoms with Gasteiger partial charge in [-0.05, 0) is 58.7 Å². The summed E-state index contributed by atoms with van der Waals surface area (Å²) in [5.41, 5.74) is 1.59. The molecule has 1 fully saturated rings. The molecule has 0 saturated carbocycles. The number of hydrogen-bond donors (Lipinski definition) is 1. The second kappa shape index (κ2) is 9.00. The zero-order valence-electron chi connectivity index (χ0n) is 18.4. The highest BCUT2D eigenvalue weighted by molar-refractivity contribution is 5.74. The van der Waals surface area contributed by atoms with E-state index in [1.807, 2.05) is 57.7 Å². The number of aromatic nitrogens is 2. The van der Waals surface area contributed by atoms with Gasteiger partial charge in [0, 0.05) is 31.5 Å². The lowest BCUT2D eigenvalue weighted by molar-refractivity contribution is -0.166. The number of phenols is 1. The van der Waals surface area contributed by atoms with Crippen LogP contribution in [0.5, 0.6) is 5.75 Å². The fraction of sp³-hybridized carbons (Fsp3) is 0.522. The average Bonchev–Trinajstić information content (AvgIpc) is 2.69. The number of para-hydroxylation sites is 1. The number of hydrogen-bond acceptors (Lipinski definition) is 7. The summed E-state index contributed by atoms with van der Waals surface area (Å²) < 4.78 is 11.5. The van der Waals surface area contributed by atoms with E-state index in [2.05, 4.69) is 9.97 Å². The molecule has 1 aliphatic rings. The van der Waals surface area contributed by atoms with E-state index in [1.165, 1.54) is 0 Å². The maximum atomic E-state index is 12.7. The molecule has 1 saturated heterocycles. The number of aryl methyl sites for hydroxylation is 1. The van der Waals surface area contributed by atoms with E-state index in [-0.39, 0.29) is 23.7 Å². The van der Waals surface area contributed by atoms with Crippen molar-refractivity contribution in [1.82, 2.24) is 9.97 Å². The molecule has 7 nitrogen and oxygen atoms in total. The van der Waals surface area contributed by atoms with Crippen LogP contribution in [0.1, 0.15) is 39.7 Å². The van der Waals surface area contributed by atoms with E-state index in [0.29, 0.717) is 43.3 Å². The topological polar surface area (TPSA) is 84.8 Å². The van der Waals surface area contributed by atoms with Crippen LogP contribution in [0.2, 0.25) is 0 Å². The van der Waals surface area contributed by atoms with Gasteiger partial charge in [-0.2, -0.15) is 0 Å². The van der Waals surface area contributed by atoms with Gasteiger partial charge in [-0.1, -0.05) is 12.1 Å². The first-order valence-corrected chi connectivity index (χ1v) is 10.4. The summed E-state index contributed by atoms with van der Waals surface area (Å²) in [4.78, 5) is 23.8. The Kier molecular flexibility index (Phi) is 6.61. The SMILES string of the molecule is CCOC1CN(c2nccc(-c3cccc(C)c3O)n2)CCC1C(=O)OC(C)(C)C. The number of carbonyl (C=O) groups excluding carboxylic acids is 1. The van der Waals surface area contributed by atoms with E-state index >= 15 is 0 Å². The summed E-state index contributed by atoms with van der Waals surface area (Å²) in [7, 11) is 0. The molecule has 162 valence electrons. The summed E-state index contributed by atoms with van der Waals surface area (Å²) in [6.07, 6.45) is 2.00. The van der Waals surface area contributed by atoms with Crippen LogP contribution in [0.25, 0.3) is 11.3 Å². The van der Waals surface area contributed by atoms with E-state index in [0.717, 1.165) is 5.56 Å². The minimum absolute atomic E-state index is 0.220. The Balaban J connectivity index is 1.81. The molecular formula is C23H31N3O4. The van der Waals surface area contributed by atoms with Gasteiger partial charge in [0.05, 0.1) is 17.7 Å². The van der Waals surface area contributed by atoms with Crippen LogP contribution in [0.4, 0.5) is 5.95 Å². The first-order valence-electron chi connectivity index (χ1n) is 10.4. The van der Waals surface area contributed by atoms with Crippen molar-refractivity contribution in [1.29, 1.82) is 0 Å². The summed E-state index contributed by atoms with van der Waals surface area (Å²) in [6, 6.07) is 7.37. The van der Waals surface area contributed by atoms with Crippen LogP contribution in [0.15, 0.2) is 30.5 Å². The first-order chi connectivity index (χ1) is 14.2. The van der Waals surface area contributed by atoms with Gasteiger partial charge < -0.3 is 19.5 Å². The lowest BCUT2D eigenvalue weighted by Crippen LogP contribution is -2.49. The Hall–Kier alpha value is -2.67. The predicted molar refractivity (Wildman–Crippen MR) is 115 cm³/mol. The number of rotatable bonds is 5. The highest BCUT2D eigenvalue weighted by atomic mass is 16.6. The molecule has 2 atom stereocenters. The minimum Gasteiger partial charge on any atom is -0.507 e. The number of esters is 1. The van der Waals surface area contributed by atoms with Crippen molar-refractivity contribution in [2.75, 3.05) is 24.6 Å². The van der Waals surface area contributed by atoms with E-state index in [9.17, 15) is 9.90 Å². The number of ether oxygens (including phenoxy) is 2. The normalized spacial score (nSPS) is 19.6. The van der Waals surface area contributed by atoms with Gasteiger partial charge in [0.15, 0.2) is 0 Å². The Morgan fingerprint density at radius 1 is 1.30 bits per heavy atom. The van der Waals surface area contributed by atoms with Gasteiger partial charge in [-0.15, -0.1) is 0 Å². The molecule has 3 rings (SSSR count). The minimum atomic E-state index is -0.530. The molecule has 1 aromatic carbocycles. The Morgan fingerprint density at radius 2 is 2.07 bits per heavy atom. The smallest absolute Gasteiger partial charge is 0.312 e. The van der Waals surface area contributed by atoms with E-state index < -0.39 is 5.60 Å². The van der Waals surface area contributed by atoms with Crippen molar-refractivity contribution in [3.63, 3.8) is 0 Å². The molecule has 1 N–H and O–H groups in total. The van der Waals surface area contributed by atoms with Crippen LogP contribution in [0, 0.1) is 12.8 Å². The van der Waals surface area contributed by atoms with Crippen molar-refractivity contribution in [3.05, 3.63) is 36.0 Å². The molecule has 0 radical (unpaired) electrons. The van der Waals surface area contributed by atoms with Crippen LogP contribution < -0.4 is 4.90 Å². The molecule has 2 unspecified atom stereocenters. The molecule has 7 heteroatoms. The zero-order chi connectivity index (χ0) is 21.9. The maximum Gasteiger partial charge on any atom is 0.312 e. The van der Waals surface area contributed by atoms with Gasteiger partial charge in [0.2, 0.25) is 5.95 Å². The molecule has 0 aliphatic carbocycles. The van der Waals surface area contributed by atoms with Gasteiger partial charge in [-0.25, -0.2) is 9.97 Å². The van der Waals surface area contributed by atoms with Crippen molar-refractivity contribution in [2.24, 2.45) is 5.92 Å². The largest absolute Gasteiger partial charge is 0.507 e. The lowest BCUT2D eigenvalue weighted by Gasteiger charge is -2.38. The lowest BCUT2D eigenvalue weighted by atomic mass is 9.93. The van der Waals surface area contributed by atoms with Gasteiger partial charge in [-0.3, -0.25) is 4.79 Å². The Labute approximate surface area is 178 Å². The molecule has 30 heavy (non-hydrogen) atoms. The Morgan fingerprint density at radius 3 is 2.77 bits per heavy atom. The number of benzene rings is 1. The van der Waals surface area contributed by atoms with Crippen LogP contribution in [-0.2, 0) is 14.3 Å². The molecule has 0 amide bonds. The van der Waals surface area contributed by atoms with E-state index in [4.69, 9.17) is 9.47 Å². The summed E-state index contributed by atoms with van der Waals surface area (Å²) in [5, 5.41) is 10.4. The number of phenolic OH excluding ortho intramolecular Hbond substituents is 1. The predicted octanol–water partition coefficient (Wildman–Crippen LogP) is 3.73. The third kappa shape index (κ3) is 5.08. The number of piperidine rings is 1. The average molecular weight is 414 g/mol. The third-order valence-corrected chi connectivity index (χ3v) is 5.09. The van der Waals surface area contributed by atoms with Crippen molar-refractivity contribution >= 4 is 11.9 Å². The van der Waals surface area contributed by atoms with E-state index in [1.54, 1.807) is 12.3 Å². The molecule has 0 bridgehead atoms. The number of nitrogens with zero attached hydrogens (tertiary/aromatic N) is 3. The second-order valence-corrected chi connectivity index (χ2v) is 8.58. The summed E-state index contributed by atoms with van der Waals surface area (Å²) in [6.45, 7) is 11.0. The fourth-order valence-electron chi connectivity index (χ4n) is 3.64. The molecular weight excluding hydrogens is 382 g/mol. The van der Waals surface area contributed by atoms with Crippen molar-refractivity contribution < 1.29 is 19.4 Å². The van der Waals surface area contributed by atoms with Crippen LogP contribution in [0.3, 0.4) is 0 Å². The molecule has 2 aromatic rings. The summed E-state index contributed by atoms with van der Waals surface area (Å²) in [5.74, 6) is 0.239. The van der Waals surface area contributed by atoms with Gasteiger partial charge >= 0.3 is 5.97 Å². The highest BCUT2D eigenvalue weighted by Crippen LogP contribution is 2.32. The van der Waals surface area contributed by atoms with Crippen molar-refractivity contribution in [3.8, 4) is 17.0 Å². The number of carbonyl (C=O) groups is 1. The van der Waals surface area contributed by atoms with Crippen LogP contribution >= 0.6 is 0 Å².